The summed E-state index contributed by atoms with van der Waals surface area (Å²) in [6.45, 7) is 1.34. The Morgan fingerprint density at radius 2 is 1.29 bits per heavy atom. The zero-order valence-electron chi connectivity index (χ0n) is 13.4. The molecule has 146 valence electrons. The van der Waals surface area contributed by atoms with Gasteiger partial charge < -0.3 is 46.6 Å². The highest BCUT2D eigenvalue weighted by Crippen LogP contribution is 2.06. The molecule has 24 heavy (non-hydrogen) atoms. The Hall–Kier alpha value is -0.480. The second-order valence-electron chi connectivity index (χ2n) is 5.51. The Morgan fingerprint density at radius 3 is 1.71 bits per heavy atom. The van der Waals surface area contributed by atoms with Crippen molar-refractivity contribution in [3.05, 3.63) is 0 Å². The molecular formula is C12H30N4O8. The molecule has 6 atom stereocenters. The molecule has 12 heteroatoms. The van der Waals surface area contributed by atoms with E-state index in [4.69, 9.17) is 31.3 Å². The van der Waals surface area contributed by atoms with Crippen LogP contribution in [0.1, 0.15) is 19.8 Å². The van der Waals surface area contributed by atoms with Crippen LogP contribution in [0.2, 0.25) is 0 Å². The van der Waals surface area contributed by atoms with E-state index in [-0.39, 0.29) is 6.54 Å². The third-order valence-electron chi connectivity index (χ3n) is 3.12. The fourth-order valence-corrected chi connectivity index (χ4v) is 1.97. The highest BCUT2D eigenvalue weighted by atomic mass is 16.5. The summed E-state index contributed by atoms with van der Waals surface area (Å²) in [7, 11) is 0. The van der Waals surface area contributed by atoms with Gasteiger partial charge >= 0.3 is 0 Å². The lowest BCUT2D eigenvalue weighted by atomic mass is 10.1. The zero-order valence-corrected chi connectivity index (χ0v) is 13.4. The molecule has 0 aromatic rings. The monoisotopic (exact) mass is 358 g/mol. The lowest BCUT2D eigenvalue weighted by Gasteiger charge is -2.32. The maximum Gasteiger partial charge on any atom is 0.153 e. The molecule has 0 aromatic carbocycles. The van der Waals surface area contributed by atoms with Gasteiger partial charge in [-0.05, 0) is 6.92 Å². The number of rotatable bonds is 13. The van der Waals surface area contributed by atoms with Gasteiger partial charge in [0.2, 0.25) is 0 Å². The number of aliphatic hydroxyl groups excluding tert-OH is 6. The van der Waals surface area contributed by atoms with Gasteiger partial charge in [0.15, 0.2) is 12.6 Å². The van der Waals surface area contributed by atoms with Gasteiger partial charge in [-0.25, -0.2) is 0 Å². The van der Waals surface area contributed by atoms with E-state index in [2.05, 4.69) is 16.0 Å². The maximum absolute atomic E-state index is 10.1. The number of nitrogens with one attached hydrogen (secondary N) is 3. The van der Waals surface area contributed by atoms with E-state index in [1.54, 1.807) is 0 Å². The molecule has 0 heterocycles. The van der Waals surface area contributed by atoms with E-state index < -0.39 is 62.4 Å². The maximum atomic E-state index is 10.1. The average molecular weight is 358 g/mol. The van der Waals surface area contributed by atoms with E-state index in [0.717, 1.165) is 0 Å². The highest BCUT2D eigenvalue weighted by Gasteiger charge is 2.28. The first kappa shape index (κ1) is 23.5. The van der Waals surface area contributed by atoms with Gasteiger partial charge in [-0.15, -0.1) is 0 Å². The van der Waals surface area contributed by atoms with Crippen molar-refractivity contribution in [3.8, 4) is 0 Å². The molecule has 0 fully saturated rings. The summed E-state index contributed by atoms with van der Waals surface area (Å²) in [5, 5.41) is 81.8. The number of hydrogen-bond acceptors (Lipinski definition) is 12. The summed E-state index contributed by atoms with van der Waals surface area (Å²) >= 11 is 0. The smallest absolute Gasteiger partial charge is 0.153 e. The summed E-state index contributed by atoms with van der Waals surface area (Å²) in [5.41, 5.74) is 5.27. The fraction of sp³-hybridized carbons (Fsp3) is 1.00. The molecule has 0 saturated heterocycles. The number of aliphatic hydroxyl groups is 8. The Labute approximate surface area is 139 Å². The van der Waals surface area contributed by atoms with Crippen molar-refractivity contribution in [2.24, 2.45) is 5.73 Å². The van der Waals surface area contributed by atoms with E-state index >= 15 is 0 Å². The molecule has 0 rings (SSSR count). The van der Waals surface area contributed by atoms with Gasteiger partial charge in [0, 0.05) is 19.4 Å². The molecule has 0 bridgehead atoms. The predicted octanol–water partition coefficient (Wildman–Crippen LogP) is -5.85. The number of nitrogens with two attached hydrogens (primary N) is 1. The summed E-state index contributed by atoms with van der Waals surface area (Å²) in [6.07, 6.45) is -9.55. The normalized spacial score (nSPS) is 20.0. The van der Waals surface area contributed by atoms with Crippen molar-refractivity contribution in [1.29, 1.82) is 0 Å². The molecular weight excluding hydrogens is 328 g/mol. The van der Waals surface area contributed by atoms with Crippen molar-refractivity contribution in [2.75, 3.05) is 6.54 Å². The van der Waals surface area contributed by atoms with Crippen LogP contribution in [0.25, 0.3) is 0 Å². The van der Waals surface area contributed by atoms with Crippen LogP contribution in [0, 0.1) is 0 Å². The van der Waals surface area contributed by atoms with E-state index in [9.17, 15) is 15.3 Å². The minimum Gasteiger partial charge on any atom is -0.379 e. The van der Waals surface area contributed by atoms with Crippen molar-refractivity contribution >= 4 is 0 Å². The van der Waals surface area contributed by atoms with Crippen molar-refractivity contribution < 1.29 is 40.9 Å². The van der Waals surface area contributed by atoms with Crippen LogP contribution in [0.5, 0.6) is 0 Å². The third kappa shape index (κ3) is 11.1. The van der Waals surface area contributed by atoms with Crippen LogP contribution in [-0.2, 0) is 0 Å². The molecule has 0 aliphatic rings. The van der Waals surface area contributed by atoms with Crippen LogP contribution in [0.3, 0.4) is 0 Å². The molecule has 0 aliphatic carbocycles. The molecule has 0 radical (unpaired) electrons. The minimum atomic E-state index is -1.81. The lowest BCUT2D eigenvalue weighted by Crippen LogP contribution is -2.59. The van der Waals surface area contributed by atoms with Crippen LogP contribution in [-0.4, -0.2) is 97.0 Å². The second kappa shape index (κ2) is 12.0. The van der Waals surface area contributed by atoms with Gasteiger partial charge in [-0.1, -0.05) is 0 Å². The molecule has 13 N–H and O–H groups in total. The summed E-state index contributed by atoms with van der Waals surface area (Å²) < 4.78 is 0. The molecule has 0 spiro atoms. The molecule has 0 aliphatic heterocycles. The first-order valence-corrected chi connectivity index (χ1v) is 7.48. The Balaban J connectivity index is 4.75. The topological polar surface area (TPSA) is 224 Å². The van der Waals surface area contributed by atoms with Crippen LogP contribution >= 0.6 is 0 Å². The lowest BCUT2D eigenvalue weighted by molar-refractivity contribution is -0.0839. The third-order valence-corrected chi connectivity index (χ3v) is 3.12. The summed E-state index contributed by atoms with van der Waals surface area (Å²) in [6, 6.07) is -2.19. The Morgan fingerprint density at radius 1 is 0.792 bits per heavy atom. The summed E-state index contributed by atoms with van der Waals surface area (Å²) in [4.78, 5) is 0. The average Bonchev–Trinajstić information content (AvgIpc) is 2.42. The Kier molecular flexibility index (Phi) is 11.7. The van der Waals surface area contributed by atoms with Gasteiger partial charge in [-0.3, -0.25) is 16.0 Å². The van der Waals surface area contributed by atoms with Gasteiger partial charge in [0.1, 0.15) is 24.9 Å². The first-order valence-electron chi connectivity index (χ1n) is 7.48. The molecule has 0 amide bonds. The second-order valence-corrected chi connectivity index (χ2v) is 5.51. The minimum absolute atomic E-state index is 0.0965. The quantitative estimate of drug-likeness (QED) is 0.138. The first-order chi connectivity index (χ1) is 11.0. The highest BCUT2D eigenvalue weighted by molar-refractivity contribution is 4.82. The van der Waals surface area contributed by atoms with Gasteiger partial charge in [-0.2, -0.15) is 0 Å². The summed E-state index contributed by atoms with van der Waals surface area (Å²) in [5.74, 6) is 0. The van der Waals surface area contributed by atoms with Crippen LogP contribution in [0.15, 0.2) is 0 Å². The van der Waals surface area contributed by atoms with Gasteiger partial charge in [0.25, 0.3) is 0 Å². The SMILES string of the molecule is CC(O)NCC(O)N[C@@H](CC(O)O)C(O)N[C@@H](CC(O)O)C(N)O. The van der Waals surface area contributed by atoms with Crippen molar-refractivity contribution in [3.63, 3.8) is 0 Å². The zero-order chi connectivity index (χ0) is 18.9. The predicted molar refractivity (Wildman–Crippen MR) is 81.4 cm³/mol. The Bertz CT molecular complexity index is 321. The largest absolute Gasteiger partial charge is 0.379 e. The van der Waals surface area contributed by atoms with Crippen molar-refractivity contribution in [1.82, 2.24) is 16.0 Å². The molecule has 4 unspecified atom stereocenters. The molecule has 12 nitrogen and oxygen atoms in total. The van der Waals surface area contributed by atoms with Crippen LogP contribution in [0.4, 0.5) is 0 Å². The fourth-order valence-electron chi connectivity index (χ4n) is 1.97. The van der Waals surface area contributed by atoms with Crippen molar-refractivity contribution in [2.45, 2.75) is 69.3 Å². The van der Waals surface area contributed by atoms with Gasteiger partial charge in [0.05, 0.1) is 12.1 Å². The number of hydrogen-bond donors (Lipinski definition) is 12. The van der Waals surface area contributed by atoms with E-state index in [0.29, 0.717) is 0 Å². The standard InChI is InChI=1S/C12H30N4O8/c1-5(17)14-4-8(18)15-7(3-10(21)22)12(24)16-6(11(13)23)2-9(19)20/h5-12,14-24H,2-4,13H2,1H3/t5?,6-,7-,8?,11?,12?/m0/s1. The molecule has 0 saturated carbocycles. The van der Waals surface area contributed by atoms with E-state index in [1.807, 2.05) is 0 Å². The van der Waals surface area contributed by atoms with Crippen LogP contribution < -0.4 is 21.7 Å². The van der Waals surface area contributed by atoms with E-state index in [1.165, 1.54) is 6.92 Å². The molecule has 0 aromatic heterocycles.